The normalized spacial score (nSPS) is 23.3. The maximum absolute atomic E-state index is 13.6. The maximum atomic E-state index is 13.6. The number of hydrogen-bond acceptors (Lipinski definition) is 5. The fourth-order valence-electron chi connectivity index (χ4n) is 4.54. The average Bonchev–Trinajstić information content (AvgIpc) is 3.11. The molecule has 1 heterocycles. The number of phenolic OH excluding ortho intramolecular Hbond substituents is 1. The van der Waals surface area contributed by atoms with Crippen LogP contribution in [0.4, 0.5) is 5.69 Å². The summed E-state index contributed by atoms with van der Waals surface area (Å²) in [5.41, 5.74) is 2.35. The molecule has 0 unspecified atom stereocenters. The summed E-state index contributed by atoms with van der Waals surface area (Å²) in [7, 11) is 1.52. The van der Waals surface area contributed by atoms with Gasteiger partial charge in [-0.15, -0.1) is 6.58 Å². The van der Waals surface area contributed by atoms with Gasteiger partial charge >= 0.3 is 0 Å². The van der Waals surface area contributed by atoms with Gasteiger partial charge in [0.1, 0.15) is 0 Å². The lowest BCUT2D eigenvalue weighted by atomic mass is 9.85. The first-order chi connectivity index (χ1) is 16.0. The van der Waals surface area contributed by atoms with Crippen molar-refractivity contribution >= 4 is 34.6 Å². The molecule has 6 heteroatoms. The van der Waals surface area contributed by atoms with Gasteiger partial charge < -0.3 is 9.84 Å². The molecule has 1 saturated carbocycles. The van der Waals surface area contributed by atoms with Crippen molar-refractivity contribution in [2.45, 2.75) is 45.1 Å². The van der Waals surface area contributed by atoms with E-state index in [0.29, 0.717) is 28.6 Å². The van der Waals surface area contributed by atoms with Gasteiger partial charge in [0.25, 0.3) is 5.91 Å². The highest BCUT2D eigenvalue weighted by molar-refractivity contribution is 8.18. The number of rotatable bonds is 6. The Balaban J connectivity index is 1.75. The van der Waals surface area contributed by atoms with E-state index in [1.165, 1.54) is 25.3 Å². The first-order valence-corrected chi connectivity index (χ1v) is 12.2. The summed E-state index contributed by atoms with van der Waals surface area (Å²) in [5, 5.41) is 11.1. The second kappa shape index (κ2) is 10.3. The van der Waals surface area contributed by atoms with Gasteiger partial charge in [-0.25, -0.2) is 4.99 Å². The lowest BCUT2D eigenvalue weighted by molar-refractivity contribution is -0.124. The molecule has 1 saturated heterocycles. The van der Waals surface area contributed by atoms with Crippen LogP contribution in [0.1, 0.15) is 43.7 Å². The number of allylic oxidation sites excluding steroid dienone is 1. The van der Waals surface area contributed by atoms with Crippen LogP contribution in [0.5, 0.6) is 11.5 Å². The summed E-state index contributed by atoms with van der Waals surface area (Å²) < 4.78 is 5.36. The topological polar surface area (TPSA) is 62.1 Å². The van der Waals surface area contributed by atoms with Crippen LogP contribution in [0.3, 0.4) is 0 Å². The van der Waals surface area contributed by atoms with Crippen LogP contribution in [0, 0.1) is 5.92 Å². The van der Waals surface area contributed by atoms with Gasteiger partial charge in [-0.05, 0) is 72.8 Å². The zero-order chi connectivity index (χ0) is 23.4. The highest BCUT2D eigenvalue weighted by Gasteiger charge is 2.41. The van der Waals surface area contributed by atoms with Crippen molar-refractivity contribution < 1.29 is 14.6 Å². The van der Waals surface area contributed by atoms with E-state index in [0.717, 1.165) is 35.7 Å². The molecule has 33 heavy (non-hydrogen) atoms. The monoisotopic (exact) mass is 462 g/mol. The van der Waals surface area contributed by atoms with Gasteiger partial charge in [0.2, 0.25) is 0 Å². The first kappa shape index (κ1) is 23.2. The number of hydrogen-bond donors (Lipinski definition) is 1. The molecule has 2 aromatic carbocycles. The van der Waals surface area contributed by atoms with Crippen molar-refractivity contribution in [1.29, 1.82) is 0 Å². The van der Waals surface area contributed by atoms with Crippen LogP contribution < -0.4 is 4.74 Å². The Kier molecular flexibility index (Phi) is 7.23. The molecule has 4 rings (SSSR count). The molecular formula is C27H30N2O3S. The quantitative estimate of drug-likeness (QED) is 0.403. The minimum atomic E-state index is -0.00857. The number of phenols is 1. The lowest BCUT2D eigenvalue weighted by Gasteiger charge is -2.35. The summed E-state index contributed by atoms with van der Waals surface area (Å²) >= 11 is 1.41. The average molecular weight is 463 g/mol. The molecular weight excluding hydrogens is 432 g/mol. The zero-order valence-corrected chi connectivity index (χ0v) is 20.0. The molecule has 1 aliphatic heterocycles. The smallest absolute Gasteiger partial charge is 0.267 e. The third-order valence-electron chi connectivity index (χ3n) is 6.27. The van der Waals surface area contributed by atoms with Crippen LogP contribution in [0.15, 0.2) is 65.0 Å². The van der Waals surface area contributed by atoms with E-state index >= 15 is 0 Å². The van der Waals surface area contributed by atoms with Crippen LogP contribution in [-0.4, -0.2) is 34.2 Å². The first-order valence-electron chi connectivity index (χ1n) is 11.4. The number of amidine groups is 1. The molecule has 5 nitrogen and oxygen atoms in total. The second-order valence-electron chi connectivity index (χ2n) is 8.57. The van der Waals surface area contributed by atoms with Gasteiger partial charge in [0.15, 0.2) is 16.7 Å². The van der Waals surface area contributed by atoms with Crippen molar-refractivity contribution in [2.75, 3.05) is 7.11 Å². The van der Waals surface area contributed by atoms with Gasteiger partial charge in [-0.3, -0.25) is 9.69 Å². The van der Waals surface area contributed by atoms with E-state index in [1.807, 2.05) is 47.4 Å². The number of aromatic hydroxyl groups is 1. The molecule has 0 spiro atoms. The van der Waals surface area contributed by atoms with Gasteiger partial charge in [-0.2, -0.15) is 0 Å². The van der Waals surface area contributed by atoms with Gasteiger partial charge in [-0.1, -0.05) is 44.0 Å². The number of carbonyl (C=O) groups excluding carboxylic acids is 1. The summed E-state index contributed by atoms with van der Waals surface area (Å²) in [6, 6.07) is 13.6. The molecule has 1 amide bonds. The van der Waals surface area contributed by atoms with E-state index in [2.05, 4.69) is 13.5 Å². The number of ether oxygens (including phenoxy) is 1. The molecule has 172 valence electrons. The Labute approximate surface area is 199 Å². The molecule has 2 fully saturated rings. The summed E-state index contributed by atoms with van der Waals surface area (Å²) in [6.07, 6.45) is 8.56. The minimum absolute atomic E-state index is 0.00857. The van der Waals surface area contributed by atoms with Crippen LogP contribution in [-0.2, 0) is 11.2 Å². The van der Waals surface area contributed by atoms with Crippen molar-refractivity contribution in [3.8, 4) is 11.5 Å². The lowest BCUT2D eigenvalue weighted by Crippen LogP contribution is -2.44. The SMILES string of the molecule is C=CCc1cc(/C=C2\SC(=Nc3ccccc3)N([C@H]3CCCC[C@@H]3C)C2=O)cc(OC)c1O. The number of para-hydroxylation sites is 1. The third-order valence-corrected chi connectivity index (χ3v) is 7.26. The Bertz CT molecular complexity index is 1090. The molecule has 2 aliphatic rings. The van der Waals surface area contributed by atoms with Crippen LogP contribution in [0.2, 0.25) is 0 Å². The Morgan fingerprint density at radius 2 is 2.00 bits per heavy atom. The van der Waals surface area contributed by atoms with Gasteiger partial charge in [0, 0.05) is 11.6 Å². The Hall–Kier alpha value is -2.99. The predicted octanol–water partition coefficient (Wildman–Crippen LogP) is 6.31. The van der Waals surface area contributed by atoms with E-state index in [4.69, 9.17) is 9.73 Å². The number of thioether (sulfide) groups is 1. The van der Waals surface area contributed by atoms with Crippen molar-refractivity contribution in [2.24, 2.45) is 10.9 Å². The largest absolute Gasteiger partial charge is 0.504 e. The highest BCUT2D eigenvalue weighted by Crippen LogP contribution is 2.41. The number of methoxy groups -OCH3 is 1. The van der Waals surface area contributed by atoms with Crippen molar-refractivity contribution in [1.82, 2.24) is 4.90 Å². The molecule has 0 radical (unpaired) electrons. The molecule has 2 aromatic rings. The van der Waals surface area contributed by atoms with E-state index < -0.39 is 0 Å². The number of nitrogens with zero attached hydrogens (tertiary/aromatic N) is 2. The number of aliphatic imine (C=N–C) groups is 1. The number of carbonyl (C=O) groups is 1. The van der Waals surface area contributed by atoms with Gasteiger partial charge in [0.05, 0.1) is 17.7 Å². The summed E-state index contributed by atoms with van der Waals surface area (Å²) in [4.78, 5) is 21.0. The molecule has 0 bridgehead atoms. The Morgan fingerprint density at radius 1 is 1.24 bits per heavy atom. The van der Waals surface area contributed by atoms with Crippen molar-refractivity contribution in [3.63, 3.8) is 0 Å². The number of benzene rings is 2. The Morgan fingerprint density at radius 3 is 2.70 bits per heavy atom. The summed E-state index contributed by atoms with van der Waals surface area (Å²) in [6.45, 7) is 6.00. The number of amides is 1. The molecule has 0 aromatic heterocycles. The fourth-order valence-corrected chi connectivity index (χ4v) is 5.59. The molecule has 1 aliphatic carbocycles. The van der Waals surface area contributed by atoms with Crippen LogP contribution >= 0.6 is 11.8 Å². The maximum Gasteiger partial charge on any atom is 0.267 e. The van der Waals surface area contributed by atoms with Crippen molar-refractivity contribution in [3.05, 3.63) is 71.2 Å². The third kappa shape index (κ3) is 5.01. The van der Waals surface area contributed by atoms with E-state index in [1.54, 1.807) is 12.1 Å². The van der Waals surface area contributed by atoms with E-state index in [-0.39, 0.29) is 17.7 Å². The standard InChI is InChI=1S/C27H30N2O3S/c1-4-10-20-15-19(16-23(32-3)25(20)30)17-24-26(31)29(22-14-9-8-11-18(22)2)27(33-24)28-21-12-6-5-7-13-21/h4-7,12-13,15-18,22,30H,1,8-11,14H2,2-3H3/b24-17-,28-27?/t18-,22-/m0/s1. The second-order valence-corrected chi connectivity index (χ2v) is 9.58. The molecule has 2 atom stereocenters. The van der Waals surface area contributed by atoms with E-state index in [9.17, 15) is 9.90 Å². The minimum Gasteiger partial charge on any atom is -0.504 e. The summed E-state index contributed by atoms with van der Waals surface area (Å²) in [5.74, 6) is 0.906. The fraction of sp³-hybridized carbons (Fsp3) is 0.333. The van der Waals surface area contributed by atoms with Crippen LogP contribution in [0.25, 0.3) is 6.08 Å². The predicted molar refractivity (Wildman–Crippen MR) is 136 cm³/mol. The zero-order valence-electron chi connectivity index (χ0n) is 19.2. The highest BCUT2D eigenvalue weighted by atomic mass is 32.2. The molecule has 1 N–H and O–H groups in total.